The summed E-state index contributed by atoms with van der Waals surface area (Å²) in [5.74, 6) is 0.710. The first-order chi connectivity index (χ1) is 4.20. The molecule has 0 aliphatic carbocycles. The van der Waals surface area contributed by atoms with Crippen molar-refractivity contribution in [3.63, 3.8) is 0 Å². The van der Waals surface area contributed by atoms with Crippen LogP contribution in [-0.2, 0) is 0 Å². The molecule has 0 aliphatic rings. The highest BCUT2D eigenvalue weighted by atomic mass is 35.5. The second kappa shape index (κ2) is 2.63. The second-order valence-corrected chi connectivity index (χ2v) is 2.79. The van der Waals surface area contributed by atoms with Crippen LogP contribution < -0.4 is 0 Å². The molecule has 0 N–H and O–H groups in total. The van der Waals surface area contributed by atoms with Gasteiger partial charge in [0.2, 0.25) is 0 Å². The number of rotatable bonds is 1. The molecule has 0 radical (unpaired) electrons. The van der Waals surface area contributed by atoms with E-state index in [4.69, 9.17) is 27.6 Å². The molecule has 0 bridgehead atoms. The van der Waals surface area contributed by atoms with Crippen molar-refractivity contribution in [2.75, 3.05) is 0 Å². The number of furan rings is 1. The van der Waals surface area contributed by atoms with Gasteiger partial charge in [0, 0.05) is 0 Å². The van der Waals surface area contributed by atoms with Crippen LogP contribution in [0.4, 0.5) is 0 Å². The van der Waals surface area contributed by atoms with E-state index >= 15 is 0 Å². The SMILES string of the molecule is CC(Cl)c1ccc(Cl)o1. The highest BCUT2D eigenvalue weighted by Crippen LogP contribution is 2.23. The van der Waals surface area contributed by atoms with Gasteiger partial charge in [-0.25, -0.2) is 0 Å². The van der Waals surface area contributed by atoms with E-state index in [2.05, 4.69) is 0 Å². The molecular weight excluding hydrogens is 159 g/mol. The summed E-state index contributed by atoms with van der Waals surface area (Å²) in [6, 6.07) is 3.44. The van der Waals surface area contributed by atoms with Gasteiger partial charge in [-0.1, -0.05) is 0 Å². The molecule has 0 spiro atoms. The summed E-state index contributed by atoms with van der Waals surface area (Å²) in [7, 11) is 0. The van der Waals surface area contributed by atoms with Crippen molar-refractivity contribution < 1.29 is 4.42 Å². The van der Waals surface area contributed by atoms with Gasteiger partial charge in [-0.2, -0.15) is 0 Å². The van der Waals surface area contributed by atoms with Gasteiger partial charge < -0.3 is 4.42 Å². The third-order valence-corrected chi connectivity index (χ3v) is 1.40. The maximum Gasteiger partial charge on any atom is 0.193 e. The Bertz CT molecular complexity index is 193. The van der Waals surface area contributed by atoms with Crippen LogP contribution in [0.3, 0.4) is 0 Å². The van der Waals surface area contributed by atoms with Crippen molar-refractivity contribution in [3.8, 4) is 0 Å². The molecule has 1 nitrogen and oxygen atoms in total. The molecule has 0 fully saturated rings. The highest BCUT2D eigenvalue weighted by molar-refractivity contribution is 6.29. The monoisotopic (exact) mass is 164 g/mol. The zero-order chi connectivity index (χ0) is 6.85. The minimum absolute atomic E-state index is 0.0995. The van der Waals surface area contributed by atoms with Crippen LogP contribution in [0, 0.1) is 0 Å². The summed E-state index contributed by atoms with van der Waals surface area (Å²) < 4.78 is 4.98. The lowest BCUT2D eigenvalue weighted by atomic mass is 10.4. The molecule has 0 saturated carbocycles. The average Bonchev–Trinajstić information content (AvgIpc) is 2.14. The highest BCUT2D eigenvalue weighted by Gasteiger charge is 2.04. The van der Waals surface area contributed by atoms with Crippen LogP contribution >= 0.6 is 23.2 Å². The van der Waals surface area contributed by atoms with Crippen molar-refractivity contribution in [3.05, 3.63) is 23.1 Å². The molecule has 0 saturated heterocycles. The molecule has 0 aromatic carbocycles. The van der Waals surface area contributed by atoms with Crippen molar-refractivity contribution in [2.24, 2.45) is 0 Å². The summed E-state index contributed by atoms with van der Waals surface area (Å²) >= 11 is 11.1. The Morgan fingerprint density at radius 2 is 2.22 bits per heavy atom. The Morgan fingerprint density at radius 3 is 2.44 bits per heavy atom. The van der Waals surface area contributed by atoms with Gasteiger partial charge in [-0.15, -0.1) is 11.6 Å². The Hall–Kier alpha value is -0.140. The van der Waals surface area contributed by atoms with E-state index in [9.17, 15) is 0 Å². The van der Waals surface area contributed by atoms with E-state index in [0.29, 0.717) is 11.0 Å². The first-order valence-corrected chi connectivity index (χ1v) is 3.41. The summed E-state index contributed by atoms with van der Waals surface area (Å²) in [5.41, 5.74) is 0. The molecule has 1 aromatic heterocycles. The van der Waals surface area contributed by atoms with Crippen LogP contribution in [0.5, 0.6) is 0 Å². The van der Waals surface area contributed by atoms with Crippen molar-refractivity contribution in [1.82, 2.24) is 0 Å². The summed E-state index contributed by atoms with van der Waals surface area (Å²) in [5, 5.41) is 0.287. The maximum atomic E-state index is 5.66. The van der Waals surface area contributed by atoms with E-state index in [1.54, 1.807) is 12.1 Å². The predicted molar refractivity (Wildman–Crippen MR) is 38.0 cm³/mol. The van der Waals surface area contributed by atoms with Gasteiger partial charge >= 0.3 is 0 Å². The number of hydrogen-bond donors (Lipinski definition) is 0. The van der Waals surface area contributed by atoms with E-state index < -0.39 is 0 Å². The van der Waals surface area contributed by atoms with Gasteiger partial charge in [0.05, 0.1) is 5.38 Å². The van der Waals surface area contributed by atoms with Crippen LogP contribution in [0.1, 0.15) is 18.1 Å². The fourth-order valence-corrected chi connectivity index (χ4v) is 0.811. The summed E-state index contributed by atoms with van der Waals surface area (Å²) in [4.78, 5) is 0. The predicted octanol–water partition coefficient (Wildman–Crippen LogP) is 3.23. The minimum atomic E-state index is -0.0995. The second-order valence-electron chi connectivity index (χ2n) is 1.76. The largest absolute Gasteiger partial charge is 0.448 e. The average molecular weight is 165 g/mol. The van der Waals surface area contributed by atoms with E-state index in [1.165, 1.54) is 0 Å². The van der Waals surface area contributed by atoms with Gasteiger partial charge in [0.25, 0.3) is 0 Å². The molecule has 9 heavy (non-hydrogen) atoms. The van der Waals surface area contributed by atoms with E-state index in [0.717, 1.165) is 0 Å². The number of alkyl halides is 1. The first kappa shape index (κ1) is 6.97. The normalized spacial score (nSPS) is 13.7. The molecule has 50 valence electrons. The molecule has 1 heterocycles. The first-order valence-electron chi connectivity index (χ1n) is 2.59. The van der Waals surface area contributed by atoms with Gasteiger partial charge in [0.15, 0.2) is 5.22 Å². The van der Waals surface area contributed by atoms with E-state index in [-0.39, 0.29) is 5.38 Å². The summed E-state index contributed by atoms with van der Waals surface area (Å²) in [6.07, 6.45) is 0. The van der Waals surface area contributed by atoms with Crippen molar-refractivity contribution >= 4 is 23.2 Å². The Kier molecular flexibility index (Phi) is 2.04. The van der Waals surface area contributed by atoms with Crippen LogP contribution in [0.25, 0.3) is 0 Å². The van der Waals surface area contributed by atoms with Gasteiger partial charge in [-0.3, -0.25) is 0 Å². The topological polar surface area (TPSA) is 13.1 Å². The Labute approximate surface area is 63.6 Å². The molecule has 1 unspecified atom stereocenters. The third kappa shape index (κ3) is 1.63. The lowest BCUT2D eigenvalue weighted by Gasteiger charge is -1.93. The number of halogens is 2. The maximum absolute atomic E-state index is 5.66. The quantitative estimate of drug-likeness (QED) is 0.582. The Balaban J connectivity index is 2.85. The van der Waals surface area contributed by atoms with Crippen molar-refractivity contribution in [2.45, 2.75) is 12.3 Å². The molecule has 3 heteroatoms. The van der Waals surface area contributed by atoms with Crippen LogP contribution in [0.2, 0.25) is 5.22 Å². The zero-order valence-electron chi connectivity index (χ0n) is 4.90. The van der Waals surface area contributed by atoms with E-state index in [1.807, 2.05) is 6.92 Å². The minimum Gasteiger partial charge on any atom is -0.448 e. The van der Waals surface area contributed by atoms with Gasteiger partial charge in [-0.05, 0) is 30.7 Å². The standard InChI is InChI=1S/C6H6Cl2O/c1-4(7)5-2-3-6(8)9-5/h2-4H,1H3. The zero-order valence-corrected chi connectivity index (χ0v) is 6.41. The number of hydrogen-bond acceptors (Lipinski definition) is 1. The Morgan fingerprint density at radius 1 is 1.56 bits per heavy atom. The molecule has 1 aromatic rings. The lowest BCUT2D eigenvalue weighted by molar-refractivity contribution is 0.513. The molecular formula is C6H6Cl2O. The third-order valence-electron chi connectivity index (χ3n) is 0.986. The smallest absolute Gasteiger partial charge is 0.193 e. The molecule has 0 amide bonds. The fraction of sp³-hybridized carbons (Fsp3) is 0.333. The van der Waals surface area contributed by atoms with Gasteiger partial charge in [0.1, 0.15) is 5.76 Å². The molecule has 1 rings (SSSR count). The van der Waals surface area contributed by atoms with Crippen molar-refractivity contribution in [1.29, 1.82) is 0 Å². The molecule has 1 atom stereocenters. The summed E-state index contributed by atoms with van der Waals surface area (Å²) in [6.45, 7) is 1.83. The molecule has 0 aliphatic heterocycles. The fourth-order valence-electron chi connectivity index (χ4n) is 0.542. The van der Waals surface area contributed by atoms with Crippen LogP contribution in [-0.4, -0.2) is 0 Å². The van der Waals surface area contributed by atoms with Crippen LogP contribution in [0.15, 0.2) is 16.5 Å². The lowest BCUT2D eigenvalue weighted by Crippen LogP contribution is -1.75.